The number of carbonyl (C=O) groups excluding carboxylic acids is 3. The zero-order chi connectivity index (χ0) is 55.7. The Hall–Kier alpha value is -2.63. The summed E-state index contributed by atoms with van der Waals surface area (Å²) in [5.41, 5.74) is 0. The number of ether oxygens (including phenoxy) is 3. The van der Waals surface area contributed by atoms with Crippen LogP contribution in [0.25, 0.3) is 0 Å². The van der Waals surface area contributed by atoms with Crippen LogP contribution in [0.15, 0.2) is 48.6 Å². The second-order valence-electron chi connectivity index (χ2n) is 23.1. The molecule has 0 aromatic heterocycles. The fourth-order valence-electron chi connectivity index (χ4n) is 10.3. The topological polar surface area (TPSA) is 78.9 Å². The van der Waals surface area contributed by atoms with Crippen LogP contribution >= 0.6 is 0 Å². The van der Waals surface area contributed by atoms with Crippen molar-refractivity contribution in [1.29, 1.82) is 0 Å². The maximum Gasteiger partial charge on any atom is 0.306 e. The van der Waals surface area contributed by atoms with Crippen molar-refractivity contribution in [3.63, 3.8) is 0 Å². The Morgan fingerprint density at radius 1 is 0.273 bits per heavy atom. The van der Waals surface area contributed by atoms with Gasteiger partial charge in [0.15, 0.2) is 6.10 Å². The van der Waals surface area contributed by atoms with Gasteiger partial charge >= 0.3 is 17.9 Å². The standard InChI is InChI=1S/C71H130O6/c1-4-7-10-13-16-19-22-25-28-31-32-33-34-35-36-37-38-41-43-46-49-52-55-58-61-64-70(73)76-67-68(77-71(74)65-62-59-56-53-50-47-44-40-30-27-24-21-18-15-12-9-6-3)66-75-69(72)63-60-57-54-51-48-45-42-39-29-26-23-20-17-14-11-8-5-2/h7,10,16,19,25,28,32-33,68H,4-6,8-9,11-15,17-18,20-24,26-27,29-31,34-67H2,1-3H3/b10-7-,19-16-,28-25-,33-32-. The second-order valence-corrected chi connectivity index (χ2v) is 23.1. The molecule has 0 aliphatic carbocycles. The van der Waals surface area contributed by atoms with Gasteiger partial charge in [0.05, 0.1) is 0 Å². The van der Waals surface area contributed by atoms with Crippen molar-refractivity contribution < 1.29 is 28.6 Å². The van der Waals surface area contributed by atoms with Crippen LogP contribution in [0, 0.1) is 0 Å². The van der Waals surface area contributed by atoms with Gasteiger partial charge in [-0.2, -0.15) is 0 Å². The highest BCUT2D eigenvalue weighted by molar-refractivity contribution is 5.71. The zero-order valence-corrected chi connectivity index (χ0v) is 51.7. The van der Waals surface area contributed by atoms with Crippen LogP contribution in [0.3, 0.4) is 0 Å². The predicted molar refractivity (Wildman–Crippen MR) is 335 cm³/mol. The highest BCUT2D eigenvalue weighted by Crippen LogP contribution is 2.18. The summed E-state index contributed by atoms with van der Waals surface area (Å²) in [5.74, 6) is -0.840. The van der Waals surface area contributed by atoms with Crippen molar-refractivity contribution in [2.45, 2.75) is 374 Å². The van der Waals surface area contributed by atoms with Gasteiger partial charge in [0, 0.05) is 19.3 Å². The number of rotatable bonds is 63. The molecule has 77 heavy (non-hydrogen) atoms. The maximum atomic E-state index is 12.9. The minimum atomic E-state index is -0.771. The Morgan fingerprint density at radius 2 is 0.506 bits per heavy atom. The molecule has 0 fully saturated rings. The van der Waals surface area contributed by atoms with Crippen LogP contribution in [0.1, 0.15) is 367 Å². The van der Waals surface area contributed by atoms with E-state index in [-0.39, 0.29) is 31.1 Å². The third kappa shape index (κ3) is 64.1. The summed E-state index contributed by atoms with van der Waals surface area (Å²) in [5, 5.41) is 0. The van der Waals surface area contributed by atoms with Gasteiger partial charge < -0.3 is 14.2 Å². The minimum absolute atomic E-state index is 0.0669. The number of allylic oxidation sites excluding steroid dienone is 8. The third-order valence-electron chi connectivity index (χ3n) is 15.3. The van der Waals surface area contributed by atoms with Crippen LogP contribution < -0.4 is 0 Å². The van der Waals surface area contributed by atoms with E-state index in [0.717, 1.165) is 83.5 Å². The predicted octanol–water partition coefficient (Wildman–Crippen LogP) is 23.3. The highest BCUT2D eigenvalue weighted by atomic mass is 16.6. The first-order chi connectivity index (χ1) is 38.0. The first-order valence-corrected chi connectivity index (χ1v) is 34.1. The summed E-state index contributed by atoms with van der Waals surface area (Å²) in [6.45, 7) is 6.60. The molecule has 0 N–H and O–H groups in total. The van der Waals surface area contributed by atoms with E-state index < -0.39 is 6.10 Å². The van der Waals surface area contributed by atoms with E-state index in [0.29, 0.717) is 19.3 Å². The molecular weight excluding hydrogens is 949 g/mol. The summed E-state index contributed by atoms with van der Waals surface area (Å²) in [4.78, 5) is 38.4. The molecule has 0 heterocycles. The van der Waals surface area contributed by atoms with E-state index in [1.54, 1.807) is 0 Å². The fourth-order valence-corrected chi connectivity index (χ4v) is 10.3. The quantitative estimate of drug-likeness (QED) is 0.0261. The van der Waals surface area contributed by atoms with Crippen LogP contribution in [0.2, 0.25) is 0 Å². The lowest BCUT2D eigenvalue weighted by Crippen LogP contribution is -2.30. The van der Waals surface area contributed by atoms with Crippen molar-refractivity contribution in [3.8, 4) is 0 Å². The Morgan fingerprint density at radius 3 is 0.792 bits per heavy atom. The van der Waals surface area contributed by atoms with Crippen molar-refractivity contribution in [3.05, 3.63) is 48.6 Å². The monoisotopic (exact) mass is 1080 g/mol. The fraction of sp³-hybridized carbons (Fsp3) is 0.845. The number of carbonyl (C=O) groups is 3. The molecule has 1 unspecified atom stereocenters. The molecule has 0 amide bonds. The molecule has 450 valence electrons. The molecule has 0 spiro atoms. The lowest BCUT2D eigenvalue weighted by atomic mass is 10.0. The first-order valence-electron chi connectivity index (χ1n) is 34.1. The van der Waals surface area contributed by atoms with Gasteiger partial charge in [0.1, 0.15) is 13.2 Å². The molecular formula is C71H130O6. The van der Waals surface area contributed by atoms with Crippen LogP contribution in [0.4, 0.5) is 0 Å². The molecule has 0 radical (unpaired) electrons. The summed E-state index contributed by atoms with van der Waals surface area (Å²) < 4.78 is 17.0. The average molecular weight is 1080 g/mol. The Balaban J connectivity index is 4.28. The van der Waals surface area contributed by atoms with Gasteiger partial charge in [-0.1, -0.05) is 339 Å². The number of unbranched alkanes of at least 4 members (excludes halogenated alkanes) is 44. The van der Waals surface area contributed by atoms with Crippen molar-refractivity contribution in [2.24, 2.45) is 0 Å². The molecule has 6 heteroatoms. The number of hydrogen-bond acceptors (Lipinski definition) is 6. The highest BCUT2D eigenvalue weighted by Gasteiger charge is 2.19. The average Bonchev–Trinajstić information content (AvgIpc) is 3.43. The molecule has 0 aromatic carbocycles. The lowest BCUT2D eigenvalue weighted by molar-refractivity contribution is -0.167. The van der Waals surface area contributed by atoms with Crippen molar-refractivity contribution in [1.82, 2.24) is 0 Å². The van der Waals surface area contributed by atoms with E-state index in [9.17, 15) is 14.4 Å². The summed E-state index contributed by atoms with van der Waals surface area (Å²) in [6.07, 6.45) is 82.7. The molecule has 0 aliphatic rings. The molecule has 0 rings (SSSR count). The van der Waals surface area contributed by atoms with Crippen molar-refractivity contribution in [2.75, 3.05) is 13.2 Å². The number of hydrogen-bond donors (Lipinski definition) is 0. The molecule has 1 atom stereocenters. The van der Waals surface area contributed by atoms with E-state index in [4.69, 9.17) is 14.2 Å². The van der Waals surface area contributed by atoms with Gasteiger partial charge in [-0.05, 0) is 57.8 Å². The van der Waals surface area contributed by atoms with Gasteiger partial charge in [-0.25, -0.2) is 0 Å². The largest absolute Gasteiger partial charge is 0.462 e. The summed E-state index contributed by atoms with van der Waals surface area (Å²) in [6, 6.07) is 0. The Labute approximate surface area is 479 Å². The molecule has 0 aromatic rings. The third-order valence-corrected chi connectivity index (χ3v) is 15.3. The number of esters is 3. The van der Waals surface area contributed by atoms with Gasteiger partial charge in [-0.15, -0.1) is 0 Å². The summed E-state index contributed by atoms with van der Waals surface area (Å²) in [7, 11) is 0. The molecule has 6 nitrogen and oxygen atoms in total. The van der Waals surface area contributed by atoms with E-state index in [1.807, 2.05) is 0 Å². The minimum Gasteiger partial charge on any atom is -0.462 e. The molecule has 0 saturated heterocycles. The molecule has 0 bridgehead atoms. The van der Waals surface area contributed by atoms with Gasteiger partial charge in [0.25, 0.3) is 0 Å². The molecule has 0 saturated carbocycles. The SMILES string of the molecule is CC/C=C\C/C=C\C/C=C\C/C=C\CCCCCCCCCCCCCCC(=O)OCC(COC(=O)CCCCCCCCCCCCCCCCCCC)OC(=O)CCCCCCCCCCCCCCCCCCC. The van der Waals surface area contributed by atoms with Crippen molar-refractivity contribution >= 4 is 17.9 Å². The molecule has 0 aliphatic heterocycles. The zero-order valence-electron chi connectivity index (χ0n) is 51.7. The van der Waals surface area contributed by atoms with Gasteiger partial charge in [0.2, 0.25) is 0 Å². The maximum absolute atomic E-state index is 12.9. The Bertz CT molecular complexity index is 1330. The van der Waals surface area contributed by atoms with E-state index in [2.05, 4.69) is 69.4 Å². The Kier molecular flexibility index (Phi) is 63.6. The van der Waals surface area contributed by atoms with E-state index >= 15 is 0 Å². The van der Waals surface area contributed by atoms with Crippen LogP contribution in [0.5, 0.6) is 0 Å². The van der Waals surface area contributed by atoms with Crippen LogP contribution in [-0.4, -0.2) is 37.2 Å². The summed E-state index contributed by atoms with van der Waals surface area (Å²) >= 11 is 0. The smallest absolute Gasteiger partial charge is 0.306 e. The van der Waals surface area contributed by atoms with Crippen LogP contribution in [-0.2, 0) is 28.6 Å². The normalized spacial score (nSPS) is 12.3. The van der Waals surface area contributed by atoms with E-state index in [1.165, 1.54) is 244 Å². The van der Waals surface area contributed by atoms with Gasteiger partial charge in [-0.3, -0.25) is 14.4 Å². The lowest BCUT2D eigenvalue weighted by Gasteiger charge is -2.18. The first kappa shape index (κ1) is 74.4. The second kappa shape index (κ2) is 65.9.